The van der Waals surface area contributed by atoms with Crippen molar-refractivity contribution in [3.63, 3.8) is 0 Å². The summed E-state index contributed by atoms with van der Waals surface area (Å²) in [7, 11) is 0. The van der Waals surface area contributed by atoms with Crippen LogP contribution in [0.5, 0.6) is 0 Å². The van der Waals surface area contributed by atoms with Crippen molar-refractivity contribution in [3.8, 4) is 0 Å². The number of piperidine rings is 1. The van der Waals surface area contributed by atoms with Crippen molar-refractivity contribution < 1.29 is 4.79 Å². The first-order chi connectivity index (χ1) is 10.1. The number of carbonyl (C=O) groups excluding carboxylic acids is 1. The molecule has 21 heavy (non-hydrogen) atoms. The second-order valence-corrected chi connectivity index (χ2v) is 6.22. The fraction of sp³-hybridized carbons (Fsp3) is 0.500. The van der Waals surface area contributed by atoms with Crippen molar-refractivity contribution in [2.45, 2.75) is 39.2 Å². The first-order valence-electron chi connectivity index (χ1n) is 7.58. The molecule has 112 valence electrons. The number of hydrogen-bond acceptors (Lipinski definition) is 2. The van der Waals surface area contributed by atoms with Crippen molar-refractivity contribution in [2.24, 2.45) is 0 Å². The highest BCUT2D eigenvalue weighted by molar-refractivity contribution is 7.71. The van der Waals surface area contributed by atoms with Crippen molar-refractivity contribution >= 4 is 29.2 Å². The molecule has 0 aliphatic carbocycles. The van der Waals surface area contributed by atoms with Gasteiger partial charge in [0.1, 0.15) is 6.04 Å². The summed E-state index contributed by atoms with van der Waals surface area (Å²) < 4.78 is 2.59. The lowest BCUT2D eigenvalue weighted by Gasteiger charge is -2.29. The number of para-hydroxylation sites is 1. The van der Waals surface area contributed by atoms with Crippen LogP contribution in [-0.4, -0.2) is 33.4 Å². The zero-order valence-electron chi connectivity index (χ0n) is 12.6. The molecular weight excluding hydrogens is 282 g/mol. The molecule has 2 heterocycles. The van der Waals surface area contributed by atoms with Gasteiger partial charge in [0.2, 0.25) is 5.91 Å². The number of carbonyl (C=O) groups is 1. The van der Waals surface area contributed by atoms with Gasteiger partial charge in [0.15, 0.2) is 4.77 Å². The number of amides is 1. The number of nitrogens with one attached hydrogen (secondary N) is 1. The Morgan fingerprint density at radius 3 is 2.71 bits per heavy atom. The molecule has 1 aromatic heterocycles. The average molecular weight is 303 g/mol. The Balaban J connectivity index is 2.01. The normalized spacial score (nSPS) is 17.1. The molecule has 1 N–H and O–H groups in total. The lowest BCUT2D eigenvalue weighted by atomic mass is 10.1. The highest BCUT2D eigenvalue weighted by atomic mass is 32.1. The van der Waals surface area contributed by atoms with E-state index in [2.05, 4.69) is 18.0 Å². The standard InChI is InChI=1S/C16H21N3OS/c1-11-7-6-8-13-14(11)19(16(21)17-13)12(2)15(20)18-9-4-3-5-10-18/h6-8,12H,3-5,9-10H2,1-2H3,(H,17,21). The molecule has 1 saturated heterocycles. The second kappa shape index (κ2) is 5.64. The number of aromatic nitrogens is 2. The van der Waals surface area contributed by atoms with E-state index in [1.165, 1.54) is 6.42 Å². The van der Waals surface area contributed by atoms with Gasteiger partial charge in [0.25, 0.3) is 0 Å². The topological polar surface area (TPSA) is 41.0 Å². The summed E-state index contributed by atoms with van der Waals surface area (Å²) in [5.74, 6) is 0.176. The Bertz CT molecular complexity index is 725. The second-order valence-electron chi connectivity index (χ2n) is 5.83. The van der Waals surface area contributed by atoms with Gasteiger partial charge in [-0.3, -0.25) is 4.79 Å². The van der Waals surface area contributed by atoms with Gasteiger partial charge in [0, 0.05) is 13.1 Å². The van der Waals surface area contributed by atoms with Crippen molar-refractivity contribution in [3.05, 3.63) is 28.5 Å². The molecular formula is C16H21N3OS. The van der Waals surface area contributed by atoms with Gasteiger partial charge >= 0.3 is 0 Å². The van der Waals surface area contributed by atoms with E-state index < -0.39 is 0 Å². The quantitative estimate of drug-likeness (QED) is 0.862. The molecule has 1 aromatic carbocycles. The number of fused-ring (bicyclic) bond motifs is 1. The maximum Gasteiger partial charge on any atom is 0.245 e. The number of rotatable bonds is 2. The lowest BCUT2D eigenvalue weighted by Crippen LogP contribution is -2.39. The van der Waals surface area contributed by atoms with Crippen molar-refractivity contribution in [1.82, 2.24) is 14.5 Å². The largest absolute Gasteiger partial charge is 0.341 e. The van der Waals surface area contributed by atoms with Crippen LogP contribution in [0.15, 0.2) is 18.2 Å². The summed E-state index contributed by atoms with van der Waals surface area (Å²) >= 11 is 5.45. The average Bonchev–Trinajstić information content (AvgIpc) is 2.84. The van der Waals surface area contributed by atoms with Crippen LogP contribution in [0.4, 0.5) is 0 Å². The minimum absolute atomic E-state index is 0.176. The highest BCUT2D eigenvalue weighted by Crippen LogP contribution is 2.24. The van der Waals surface area contributed by atoms with Gasteiger partial charge in [-0.2, -0.15) is 0 Å². The Hall–Kier alpha value is -1.62. The predicted octanol–water partition coefficient (Wildman–Crippen LogP) is 3.58. The zero-order chi connectivity index (χ0) is 15.0. The molecule has 0 spiro atoms. The molecule has 1 aliphatic heterocycles. The van der Waals surface area contributed by atoms with E-state index in [1.54, 1.807) is 0 Å². The van der Waals surface area contributed by atoms with Gasteiger partial charge in [-0.15, -0.1) is 0 Å². The van der Waals surface area contributed by atoms with Crippen LogP contribution in [0.2, 0.25) is 0 Å². The monoisotopic (exact) mass is 303 g/mol. The van der Waals surface area contributed by atoms with E-state index in [9.17, 15) is 4.79 Å². The number of aromatic amines is 1. The van der Waals surface area contributed by atoms with Crippen LogP contribution in [0.1, 0.15) is 37.8 Å². The van der Waals surface area contributed by atoms with E-state index in [0.29, 0.717) is 4.77 Å². The first kappa shape index (κ1) is 14.3. The van der Waals surface area contributed by atoms with Crippen LogP contribution in [0, 0.1) is 11.7 Å². The molecule has 1 atom stereocenters. The summed E-state index contributed by atoms with van der Waals surface area (Å²) in [6, 6.07) is 5.81. The van der Waals surface area contributed by atoms with Gasteiger partial charge in [-0.05, 0) is 57.0 Å². The maximum absolute atomic E-state index is 12.7. The molecule has 1 unspecified atom stereocenters. The first-order valence-corrected chi connectivity index (χ1v) is 7.99. The fourth-order valence-corrected chi connectivity index (χ4v) is 3.57. The fourth-order valence-electron chi connectivity index (χ4n) is 3.22. The molecule has 1 aliphatic rings. The number of nitrogens with zero attached hydrogens (tertiary/aromatic N) is 2. The number of H-pyrrole nitrogens is 1. The van der Waals surface area contributed by atoms with E-state index in [1.807, 2.05) is 28.5 Å². The number of likely N-dealkylation sites (tertiary alicyclic amines) is 1. The minimum atomic E-state index is -0.259. The smallest absolute Gasteiger partial charge is 0.245 e. The van der Waals surface area contributed by atoms with Crippen LogP contribution >= 0.6 is 12.2 Å². The third kappa shape index (κ3) is 2.50. The van der Waals surface area contributed by atoms with Crippen LogP contribution in [0.25, 0.3) is 11.0 Å². The van der Waals surface area contributed by atoms with E-state index in [0.717, 1.165) is 42.5 Å². The molecule has 5 heteroatoms. The molecule has 1 fully saturated rings. The SMILES string of the molecule is Cc1cccc2[nH]c(=S)n(C(C)C(=O)N3CCCCC3)c12. The Morgan fingerprint density at radius 1 is 1.29 bits per heavy atom. The third-order valence-electron chi connectivity index (χ3n) is 4.35. The predicted molar refractivity (Wildman–Crippen MR) is 87.0 cm³/mol. The van der Waals surface area contributed by atoms with Crippen LogP contribution in [0.3, 0.4) is 0 Å². The Kier molecular flexibility index (Phi) is 3.85. The molecule has 3 rings (SSSR count). The number of hydrogen-bond donors (Lipinski definition) is 1. The summed E-state index contributed by atoms with van der Waals surface area (Å²) in [5, 5.41) is 0. The van der Waals surface area contributed by atoms with E-state index >= 15 is 0 Å². The molecule has 2 aromatic rings. The minimum Gasteiger partial charge on any atom is -0.341 e. The van der Waals surface area contributed by atoms with Crippen molar-refractivity contribution in [1.29, 1.82) is 0 Å². The Labute approximate surface area is 129 Å². The van der Waals surface area contributed by atoms with Gasteiger partial charge in [0.05, 0.1) is 11.0 Å². The number of imidazole rings is 1. The zero-order valence-corrected chi connectivity index (χ0v) is 13.4. The summed E-state index contributed by atoms with van der Waals surface area (Å²) in [4.78, 5) is 17.9. The number of aryl methyl sites for hydroxylation is 1. The van der Waals surface area contributed by atoms with Crippen molar-refractivity contribution in [2.75, 3.05) is 13.1 Å². The van der Waals surface area contributed by atoms with Gasteiger partial charge < -0.3 is 14.5 Å². The van der Waals surface area contributed by atoms with Crippen LogP contribution < -0.4 is 0 Å². The van der Waals surface area contributed by atoms with Crippen LogP contribution in [-0.2, 0) is 4.79 Å². The molecule has 0 bridgehead atoms. The molecule has 0 radical (unpaired) electrons. The van der Waals surface area contributed by atoms with Gasteiger partial charge in [-0.25, -0.2) is 0 Å². The summed E-state index contributed by atoms with van der Waals surface area (Å²) in [6.07, 6.45) is 3.44. The molecule has 0 saturated carbocycles. The summed E-state index contributed by atoms with van der Waals surface area (Å²) in [6.45, 7) is 5.75. The van der Waals surface area contributed by atoms with E-state index in [-0.39, 0.29) is 11.9 Å². The molecule has 1 amide bonds. The summed E-state index contributed by atoms with van der Waals surface area (Å²) in [5.41, 5.74) is 3.18. The lowest BCUT2D eigenvalue weighted by molar-refractivity contribution is -0.135. The number of benzene rings is 1. The molecule has 4 nitrogen and oxygen atoms in total. The third-order valence-corrected chi connectivity index (χ3v) is 4.65. The Morgan fingerprint density at radius 2 is 2.00 bits per heavy atom. The maximum atomic E-state index is 12.7. The van der Waals surface area contributed by atoms with Gasteiger partial charge in [-0.1, -0.05) is 12.1 Å². The highest BCUT2D eigenvalue weighted by Gasteiger charge is 2.25. The van der Waals surface area contributed by atoms with E-state index in [4.69, 9.17) is 12.2 Å².